The molecule has 1 aromatic carbocycles. The van der Waals surface area contributed by atoms with Gasteiger partial charge in [0.25, 0.3) is 0 Å². The fourth-order valence-corrected chi connectivity index (χ4v) is 5.38. The van der Waals surface area contributed by atoms with Gasteiger partial charge in [-0.05, 0) is 30.9 Å². The van der Waals surface area contributed by atoms with Crippen molar-refractivity contribution < 1.29 is 14.2 Å². The number of hydrogen-bond acceptors (Lipinski definition) is 6. The zero-order chi connectivity index (χ0) is 17.9. The SMILES string of the molecule is O[C@H](COCc1ccccc1F)CSc1ncnc2sc3c(c12)CCC3. The van der Waals surface area contributed by atoms with Crippen molar-refractivity contribution in [2.45, 2.75) is 37.0 Å². The Hall–Kier alpha value is -1.54. The molecule has 0 saturated heterocycles. The van der Waals surface area contributed by atoms with Crippen LogP contribution in [-0.2, 0) is 24.2 Å². The van der Waals surface area contributed by atoms with Gasteiger partial charge >= 0.3 is 0 Å². The van der Waals surface area contributed by atoms with Crippen LogP contribution in [0.3, 0.4) is 0 Å². The molecule has 1 atom stereocenters. The van der Waals surface area contributed by atoms with Crippen LogP contribution < -0.4 is 0 Å². The van der Waals surface area contributed by atoms with E-state index in [9.17, 15) is 9.50 Å². The molecule has 136 valence electrons. The van der Waals surface area contributed by atoms with Gasteiger partial charge < -0.3 is 9.84 Å². The van der Waals surface area contributed by atoms with E-state index < -0.39 is 6.10 Å². The molecule has 0 amide bonds. The molecule has 0 spiro atoms. The summed E-state index contributed by atoms with van der Waals surface area (Å²) in [5, 5.41) is 12.3. The van der Waals surface area contributed by atoms with E-state index in [0.717, 1.165) is 28.1 Å². The molecule has 26 heavy (non-hydrogen) atoms. The number of halogens is 1. The van der Waals surface area contributed by atoms with Crippen molar-refractivity contribution in [3.05, 3.63) is 52.4 Å². The Morgan fingerprint density at radius 2 is 2.15 bits per heavy atom. The van der Waals surface area contributed by atoms with Crippen LogP contribution in [0.1, 0.15) is 22.4 Å². The van der Waals surface area contributed by atoms with Crippen LogP contribution in [0.25, 0.3) is 10.2 Å². The van der Waals surface area contributed by atoms with Gasteiger partial charge in [-0.25, -0.2) is 14.4 Å². The van der Waals surface area contributed by atoms with Gasteiger partial charge in [-0.1, -0.05) is 18.2 Å². The van der Waals surface area contributed by atoms with Crippen molar-refractivity contribution in [2.24, 2.45) is 0 Å². The van der Waals surface area contributed by atoms with Crippen LogP contribution in [0.15, 0.2) is 35.6 Å². The molecule has 0 saturated carbocycles. The number of nitrogens with zero attached hydrogens (tertiary/aromatic N) is 2. The summed E-state index contributed by atoms with van der Waals surface area (Å²) in [6.45, 7) is 0.321. The van der Waals surface area contributed by atoms with E-state index in [1.54, 1.807) is 35.9 Å². The lowest BCUT2D eigenvalue weighted by atomic mass is 10.2. The third kappa shape index (κ3) is 3.76. The molecule has 4 nitrogen and oxygen atoms in total. The summed E-state index contributed by atoms with van der Waals surface area (Å²) in [5.41, 5.74) is 1.89. The summed E-state index contributed by atoms with van der Waals surface area (Å²) in [5.74, 6) is 0.194. The molecule has 3 aromatic rings. The number of fused-ring (bicyclic) bond motifs is 3. The normalized spacial score (nSPS) is 14.7. The third-order valence-corrected chi connectivity index (χ3v) is 6.74. The molecule has 0 aliphatic heterocycles. The predicted octanol–water partition coefficient (Wildman–Crippen LogP) is 3.99. The Bertz CT molecular complexity index is 916. The van der Waals surface area contributed by atoms with E-state index in [2.05, 4.69) is 9.97 Å². The van der Waals surface area contributed by atoms with Gasteiger partial charge in [0.15, 0.2) is 0 Å². The quantitative estimate of drug-likeness (QED) is 0.488. The van der Waals surface area contributed by atoms with Crippen LogP contribution in [0.5, 0.6) is 0 Å². The van der Waals surface area contributed by atoms with Crippen molar-refractivity contribution in [1.29, 1.82) is 0 Å². The monoisotopic (exact) mass is 390 g/mol. The zero-order valence-electron chi connectivity index (χ0n) is 14.2. The van der Waals surface area contributed by atoms with Gasteiger partial charge in [0.05, 0.1) is 19.3 Å². The Morgan fingerprint density at radius 1 is 1.27 bits per heavy atom. The summed E-state index contributed by atoms with van der Waals surface area (Å²) in [4.78, 5) is 11.3. The molecule has 1 N–H and O–H groups in total. The molecular formula is C19H19FN2O2S2. The highest BCUT2D eigenvalue weighted by Crippen LogP contribution is 2.40. The number of thioether (sulfide) groups is 1. The van der Waals surface area contributed by atoms with Crippen LogP contribution >= 0.6 is 23.1 Å². The van der Waals surface area contributed by atoms with Crippen molar-refractivity contribution in [1.82, 2.24) is 9.97 Å². The van der Waals surface area contributed by atoms with Gasteiger partial charge in [-0.3, -0.25) is 0 Å². The molecule has 2 heterocycles. The standard InChI is InChI=1S/C19H19FN2O2S2/c20-15-6-2-1-4-12(15)8-24-9-13(23)10-25-18-17-14-5-3-7-16(14)26-19(17)22-11-21-18/h1-2,4,6,11,13,23H,3,5,7-10H2/t13-/m1/s1. The van der Waals surface area contributed by atoms with Gasteiger partial charge in [-0.15, -0.1) is 23.1 Å². The highest BCUT2D eigenvalue weighted by molar-refractivity contribution is 7.99. The highest BCUT2D eigenvalue weighted by Gasteiger charge is 2.21. The molecule has 2 aromatic heterocycles. The average Bonchev–Trinajstić information content (AvgIpc) is 3.22. The molecule has 0 unspecified atom stereocenters. The first-order valence-corrected chi connectivity index (χ1v) is 10.4. The minimum Gasteiger partial charge on any atom is -0.390 e. The van der Waals surface area contributed by atoms with Gasteiger partial charge in [0, 0.05) is 21.6 Å². The molecule has 0 radical (unpaired) electrons. The van der Waals surface area contributed by atoms with Crippen molar-refractivity contribution in [3.8, 4) is 0 Å². The Kier molecular flexibility index (Phi) is 5.49. The summed E-state index contributed by atoms with van der Waals surface area (Å²) < 4.78 is 19.0. The minimum absolute atomic E-state index is 0.157. The van der Waals surface area contributed by atoms with Crippen LogP contribution in [-0.4, -0.2) is 33.5 Å². The van der Waals surface area contributed by atoms with E-state index >= 15 is 0 Å². The van der Waals surface area contributed by atoms with Gasteiger partial charge in [-0.2, -0.15) is 0 Å². The maximum atomic E-state index is 13.6. The fourth-order valence-electron chi connectivity index (χ4n) is 3.15. The predicted molar refractivity (Wildman–Crippen MR) is 102 cm³/mol. The lowest BCUT2D eigenvalue weighted by Gasteiger charge is -2.11. The van der Waals surface area contributed by atoms with Crippen molar-refractivity contribution in [2.75, 3.05) is 12.4 Å². The number of rotatable bonds is 7. The third-order valence-electron chi connectivity index (χ3n) is 4.40. The second kappa shape index (κ2) is 8.00. The zero-order valence-corrected chi connectivity index (χ0v) is 15.8. The average molecular weight is 391 g/mol. The number of aryl methyl sites for hydroxylation is 2. The Balaban J connectivity index is 1.34. The van der Waals surface area contributed by atoms with E-state index in [-0.39, 0.29) is 19.0 Å². The summed E-state index contributed by atoms with van der Waals surface area (Å²) in [6.07, 6.45) is 4.38. The van der Waals surface area contributed by atoms with E-state index in [1.807, 2.05) is 0 Å². The summed E-state index contributed by atoms with van der Waals surface area (Å²) in [6, 6.07) is 6.51. The molecule has 0 bridgehead atoms. The first kappa shape index (κ1) is 17.9. The number of thiophene rings is 1. The van der Waals surface area contributed by atoms with E-state index in [1.165, 1.54) is 34.7 Å². The number of hydrogen-bond donors (Lipinski definition) is 1. The summed E-state index contributed by atoms with van der Waals surface area (Å²) in [7, 11) is 0. The van der Waals surface area contributed by atoms with E-state index in [4.69, 9.17) is 4.74 Å². The molecule has 4 rings (SSSR count). The van der Waals surface area contributed by atoms with Crippen molar-refractivity contribution >= 4 is 33.3 Å². The van der Waals surface area contributed by atoms with Crippen molar-refractivity contribution in [3.63, 3.8) is 0 Å². The van der Waals surface area contributed by atoms with Crippen LogP contribution in [0.4, 0.5) is 4.39 Å². The first-order valence-electron chi connectivity index (χ1n) is 8.59. The Labute approximate surface area is 159 Å². The number of aliphatic hydroxyl groups is 1. The molecular weight excluding hydrogens is 371 g/mol. The second-order valence-corrected chi connectivity index (χ2v) is 8.38. The maximum Gasteiger partial charge on any atom is 0.128 e. The lowest BCUT2D eigenvalue weighted by molar-refractivity contribution is 0.0387. The van der Waals surface area contributed by atoms with E-state index in [0.29, 0.717) is 11.3 Å². The minimum atomic E-state index is -0.636. The molecule has 1 aliphatic carbocycles. The molecule has 1 aliphatic rings. The smallest absolute Gasteiger partial charge is 0.128 e. The van der Waals surface area contributed by atoms with Gasteiger partial charge in [0.2, 0.25) is 0 Å². The highest BCUT2D eigenvalue weighted by atomic mass is 32.2. The van der Waals surface area contributed by atoms with Crippen LogP contribution in [0, 0.1) is 5.82 Å². The maximum absolute atomic E-state index is 13.6. The Morgan fingerprint density at radius 3 is 3.04 bits per heavy atom. The number of benzene rings is 1. The summed E-state index contributed by atoms with van der Waals surface area (Å²) >= 11 is 3.29. The second-order valence-electron chi connectivity index (χ2n) is 6.29. The number of aromatic nitrogens is 2. The number of aliphatic hydroxyl groups excluding tert-OH is 1. The first-order chi connectivity index (χ1) is 12.7. The topological polar surface area (TPSA) is 55.2 Å². The number of ether oxygens (including phenoxy) is 1. The van der Waals surface area contributed by atoms with Crippen LogP contribution in [0.2, 0.25) is 0 Å². The molecule has 7 heteroatoms. The fraction of sp³-hybridized carbons (Fsp3) is 0.368. The molecule has 0 fully saturated rings. The lowest BCUT2D eigenvalue weighted by Crippen LogP contribution is -2.18. The van der Waals surface area contributed by atoms with Gasteiger partial charge in [0.1, 0.15) is 22.0 Å². The largest absolute Gasteiger partial charge is 0.390 e.